The molecule has 0 unspecified atom stereocenters. The van der Waals surface area contributed by atoms with Crippen LogP contribution in [0.3, 0.4) is 0 Å². The molecule has 3 aromatic rings. The van der Waals surface area contributed by atoms with Crippen LogP contribution in [0.1, 0.15) is 27.9 Å². The van der Waals surface area contributed by atoms with Gasteiger partial charge in [-0.1, -0.05) is 53.7 Å². The maximum atomic E-state index is 13.0. The molecule has 0 fully saturated rings. The average molecular weight is 368 g/mol. The van der Waals surface area contributed by atoms with Crippen molar-refractivity contribution in [1.82, 2.24) is 9.55 Å². The summed E-state index contributed by atoms with van der Waals surface area (Å²) in [5.41, 5.74) is 4.76. The zero-order valence-corrected chi connectivity index (χ0v) is 15.9. The van der Waals surface area contributed by atoms with Crippen molar-refractivity contribution in [1.29, 1.82) is 0 Å². The Morgan fingerprint density at radius 1 is 1.00 bits per heavy atom. The third-order valence-electron chi connectivity index (χ3n) is 4.33. The Morgan fingerprint density at radius 3 is 2.27 bits per heavy atom. The smallest absolute Gasteiger partial charge is 0.257 e. The SMILES string of the molecule is Cc1ccc(Cc2c(C)nc(SCc3ccc(F)cc3)n(C)c2=O)cc1. The summed E-state index contributed by atoms with van der Waals surface area (Å²) in [6.45, 7) is 3.93. The normalized spacial score (nSPS) is 10.9. The van der Waals surface area contributed by atoms with E-state index < -0.39 is 0 Å². The van der Waals surface area contributed by atoms with Crippen molar-refractivity contribution in [3.05, 3.63) is 92.6 Å². The Bertz CT molecular complexity index is 963. The lowest BCUT2D eigenvalue weighted by Gasteiger charge is -2.12. The van der Waals surface area contributed by atoms with E-state index in [0.717, 1.165) is 22.4 Å². The van der Waals surface area contributed by atoms with Gasteiger partial charge in [0, 0.05) is 30.5 Å². The molecule has 0 N–H and O–H groups in total. The van der Waals surface area contributed by atoms with E-state index in [-0.39, 0.29) is 11.4 Å². The molecule has 0 aliphatic rings. The molecule has 3 nitrogen and oxygen atoms in total. The third-order valence-corrected chi connectivity index (χ3v) is 5.43. The second-order valence-electron chi connectivity index (χ2n) is 6.40. The number of aromatic nitrogens is 2. The lowest BCUT2D eigenvalue weighted by atomic mass is 10.0. The van der Waals surface area contributed by atoms with Gasteiger partial charge >= 0.3 is 0 Å². The molecular formula is C21H21FN2OS. The summed E-state index contributed by atoms with van der Waals surface area (Å²) < 4.78 is 14.6. The summed E-state index contributed by atoms with van der Waals surface area (Å²) in [6, 6.07) is 14.6. The summed E-state index contributed by atoms with van der Waals surface area (Å²) in [7, 11) is 1.75. The van der Waals surface area contributed by atoms with Crippen LogP contribution >= 0.6 is 11.8 Å². The topological polar surface area (TPSA) is 34.9 Å². The summed E-state index contributed by atoms with van der Waals surface area (Å²) >= 11 is 1.48. The highest BCUT2D eigenvalue weighted by Gasteiger charge is 2.13. The predicted octanol–water partition coefficient (Wildman–Crippen LogP) is 4.42. The first-order valence-corrected chi connectivity index (χ1v) is 9.42. The molecule has 0 spiro atoms. The lowest BCUT2D eigenvalue weighted by Crippen LogP contribution is -2.25. The van der Waals surface area contributed by atoms with Crippen LogP contribution in [0.15, 0.2) is 58.5 Å². The van der Waals surface area contributed by atoms with Crippen molar-refractivity contribution >= 4 is 11.8 Å². The quantitative estimate of drug-likeness (QED) is 0.494. The van der Waals surface area contributed by atoms with Crippen molar-refractivity contribution in [2.75, 3.05) is 0 Å². The van der Waals surface area contributed by atoms with Crippen LogP contribution in [0.25, 0.3) is 0 Å². The third kappa shape index (κ3) is 4.22. The van der Waals surface area contributed by atoms with Crippen LogP contribution in [0.5, 0.6) is 0 Å². The van der Waals surface area contributed by atoms with Gasteiger partial charge in [0.2, 0.25) is 0 Å². The first kappa shape index (κ1) is 18.4. The van der Waals surface area contributed by atoms with Gasteiger partial charge in [0.25, 0.3) is 5.56 Å². The Kier molecular flexibility index (Phi) is 5.57. The van der Waals surface area contributed by atoms with E-state index in [0.29, 0.717) is 17.3 Å². The van der Waals surface area contributed by atoms with Gasteiger partial charge in [-0.15, -0.1) is 0 Å². The fourth-order valence-corrected chi connectivity index (χ4v) is 3.67. The monoisotopic (exact) mass is 368 g/mol. The maximum Gasteiger partial charge on any atom is 0.257 e. The standard InChI is InChI=1S/C21H21FN2OS/c1-14-4-6-16(7-5-14)12-19-15(2)23-21(24(3)20(19)25)26-13-17-8-10-18(22)11-9-17/h4-11H,12-13H2,1-3H3. The van der Waals surface area contributed by atoms with Crippen molar-refractivity contribution in [2.45, 2.75) is 31.2 Å². The second-order valence-corrected chi connectivity index (χ2v) is 7.34. The van der Waals surface area contributed by atoms with E-state index in [4.69, 9.17) is 0 Å². The largest absolute Gasteiger partial charge is 0.291 e. The molecule has 0 aliphatic carbocycles. The number of hydrogen-bond donors (Lipinski definition) is 0. The molecule has 0 atom stereocenters. The zero-order chi connectivity index (χ0) is 18.7. The number of hydrogen-bond acceptors (Lipinski definition) is 3. The molecule has 0 saturated carbocycles. The van der Waals surface area contributed by atoms with Crippen LogP contribution < -0.4 is 5.56 Å². The molecule has 0 aliphatic heterocycles. The molecular weight excluding hydrogens is 347 g/mol. The number of nitrogens with zero attached hydrogens (tertiary/aromatic N) is 2. The Labute approximate surface area is 156 Å². The summed E-state index contributed by atoms with van der Waals surface area (Å²) in [5, 5.41) is 0.671. The van der Waals surface area contributed by atoms with Gasteiger partial charge in [0.05, 0.1) is 0 Å². The molecule has 0 radical (unpaired) electrons. The average Bonchev–Trinajstić information content (AvgIpc) is 2.63. The molecule has 0 saturated heterocycles. The Balaban J connectivity index is 1.82. The highest BCUT2D eigenvalue weighted by molar-refractivity contribution is 7.98. The highest BCUT2D eigenvalue weighted by Crippen LogP contribution is 2.21. The molecule has 3 rings (SSSR count). The van der Waals surface area contributed by atoms with Crippen LogP contribution in [0.2, 0.25) is 0 Å². The first-order valence-electron chi connectivity index (χ1n) is 8.43. The first-order chi connectivity index (χ1) is 12.4. The van der Waals surface area contributed by atoms with Crippen molar-refractivity contribution < 1.29 is 4.39 Å². The highest BCUT2D eigenvalue weighted by atomic mass is 32.2. The van der Waals surface area contributed by atoms with Crippen molar-refractivity contribution in [3.63, 3.8) is 0 Å². The molecule has 2 aromatic carbocycles. The van der Waals surface area contributed by atoms with Gasteiger partial charge < -0.3 is 0 Å². The predicted molar refractivity (Wildman–Crippen MR) is 104 cm³/mol. The van der Waals surface area contributed by atoms with Crippen molar-refractivity contribution in [3.8, 4) is 0 Å². The van der Waals surface area contributed by atoms with Crippen LogP contribution in [0.4, 0.5) is 4.39 Å². The maximum absolute atomic E-state index is 13.0. The van der Waals surface area contributed by atoms with E-state index in [1.165, 1.54) is 29.5 Å². The summed E-state index contributed by atoms with van der Waals surface area (Å²) in [6.07, 6.45) is 0.578. The zero-order valence-electron chi connectivity index (χ0n) is 15.1. The van der Waals surface area contributed by atoms with Crippen LogP contribution in [-0.4, -0.2) is 9.55 Å². The van der Waals surface area contributed by atoms with Gasteiger partial charge in [-0.3, -0.25) is 9.36 Å². The number of thioether (sulfide) groups is 1. The van der Waals surface area contributed by atoms with Crippen LogP contribution in [0, 0.1) is 19.7 Å². The minimum atomic E-state index is -0.249. The number of aryl methyl sites for hydroxylation is 2. The number of halogens is 1. The van der Waals surface area contributed by atoms with Crippen molar-refractivity contribution in [2.24, 2.45) is 7.05 Å². The number of rotatable bonds is 5. The molecule has 0 amide bonds. The molecule has 134 valence electrons. The van der Waals surface area contributed by atoms with Gasteiger partial charge in [0.1, 0.15) is 5.82 Å². The van der Waals surface area contributed by atoms with Gasteiger partial charge in [-0.25, -0.2) is 9.37 Å². The Hall–Kier alpha value is -2.40. The van der Waals surface area contributed by atoms with Gasteiger partial charge in [-0.2, -0.15) is 0 Å². The molecule has 26 heavy (non-hydrogen) atoms. The molecule has 0 bridgehead atoms. The summed E-state index contributed by atoms with van der Waals surface area (Å²) in [5.74, 6) is 0.387. The second kappa shape index (κ2) is 7.87. The fourth-order valence-electron chi connectivity index (χ4n) is 2.70. The fraction of sp³-hybridized carbons (Fsp3) is 0.238. The van der Waals surface area contributed by atoms with E-state index in [2.05, 4.69) is 17.1 Å². The van der Waals surface area contributed by atoms with E-state index in [1.54, 1.807) is 23.7 Å². The summed E-state index contributed by atoms with van der Waals surface area (Å²) in [4.78, 5) is 17.4. The number of benzene rings is 2. The van der Waals surface area contributed by atoms with E-state index >= 15 is 0 Å². The van der Waals surface area contributed by atoms with Gasteiger partial charge in [0.15, 0.2) is 5.16 Å². The molecule has 5 heteroatoms. The Morgan fingerprint density at radius 2 is 1.62 bits per heavy atom. The molecule has 1 aromatic heterocycles. The minimum Gasteiger partial charge on any atom is -0.291 e. The van der Waals surface area contributed by atoms with E-state index in [9.17, 15) is 9.18 Å². The van der Waals surface area contributed by atoms with Crippen LogP contribution in [-0.2, 0) is 19.2 Å². The minimum absolute atomic E-state index is 0.0142. The lowest BCUT2D eigenvalue weighted by molar-refractivity contribution is 0.627. The van der Waals surface area contributed by atoms with E-state index in [1.807, 2.05) is 26.0 Å². The molecule has 1 heterocycles. The van der Waals surface area contributed by atoms with Gasteiger partial charge in [-0.05, 0) is 37.1 Å².